The highest BCUT2D eigenvalue weighted by Crippen LogP contribution is 2.24. The highest BCUT2D eigenvalue weighted by atomic mass is 32.1. The van der Waals surface area contributed by atoms with Crippen molar-refractivity contribution in [3.8, 4) is 0 Å². The Hall–Kier alpha value is -1.25. The quantitative estimate of drug-likeness (QED) is 0.451. The van der Waals surface area contributed by atoms with Crippen LogP contribution >= 0.6 is 11.3 Å². The van der Waals surface area contributed by atoms with Crippen LogP contribution in [0.15, 0.2) is 6.20 Å². The number of nitro groups is 1. The first-order chi connectivity index (χ1) is 8.75. The second-order valence-corrected chi connectivity index (χ2v) is 5.14. The lowest BCUT2D eigenvalue weighted by Crippen LogP contribution is -2.44. The summed E-state index contributed by atoms with van der Waals surface area (Å²) in [5.74, 6) is 0. The number of piperazine rings is 1. The van der Waals surface area contributed by atoms with Crippen LogP contribution in [0.25, 0.3) is 0 Å². The van der Waals surface area contributed by atoms with Crippen molar-refractivity contribution in [2.75, 3.05) is 44.6 Å². The van der Waals surface area contributed by atoms with E-state index in [-0.39, 0.29) is 5.00 Å². The van der Waals surface area contributed by atoms with E-state index >= 15 is 0 Å². The molecule has 1 aromatic heterocycles. The van der Waals surface area contributed by atoms with Crippen molar-refractivity contribution < 1.29 is 4.92 Å². The molecule has 1 aliphatic rings. The predicted molar refractivity (Wildman–Crippen MR) is 71.2 cm³/mol. The van der Waals surface area contributed by atoms with Gasteiger partial charge in [0.1, 0.15) is 6.20 Å². The van der Waals surface area contributed by atoms with E-state index in [9.17, 15) is 10.1 Å². The zero-order valence-corrected chi connectivity index (χ0v) is 10.9. The maximum atomic E-state index is 10.5. The zero-order chi connectivity index (χ0) is 12.8. The molecule has 1 fully saturated rings. The Balaban J connectivity index is 1.63. The Kier molecular flexibility index (Phi) is 4.85. The summed E-state index contributed by atoms with van der Waals surface area (Å²) in [6.07, 6.45) is 2.32. The first-order valence-electron chi connectivity index (χ1n) is 6.03. The number of hydrogen-bond donors (Lipinski definition) is 2. The van der Waals surface area contributed by atoms with Gasteiger partial charge in [0.05, 0.1) is 4.92 Å². The Bertz CT molecular complexity index is 391. The van der Waals surface area contributed by atoms with Gasteiger partial charge in [-0.25, -0.2) is 4.98 Å². The van der Waals surface area contributed by atoms with E-state index in [1.165, 1.54) is 6.20 Å². The predicted octanol–water partition coefficient (Wildman–Crippen LogP) is 0.758. The van der Waals surface area contributed by atoms with Gasteiger partial charge in [0.15, 0.2) is 5.13 Å². The molecule has 2 heterocycles. The molecule has 0 aromatic carbocycles. The molecule has 1 saturated heterocycles. The van der Waals surface area contributed by atoms with E-state index in [4.69, 9.17) is 0 Å². The van der Waals surface area contributed by atoms with Gasteiger partial charge in [-0.2, -0.15) is 0 Å². The van der Waals surface area contributed by atoms with Crippen molar-refractivity contribution >= 4 is 21.5 Å². The van der Waals surface area contributed by atoms with Crippen molar-refractivity contribution in [3.63, 3.8) is 0 Å². The van der Waals surface area contributed by atoms with Gasteiger partial charge in [0, 0.05) is 32.7 Å². The molecule has 0 saturated carbocycles. The molecule has 1 aliphatic heterocycles. The maximum absolute atomic E-state index is 10.5. The van der Waals surface area contributed by atoms with Crippen LogP contribution in [0.1, 0.15) is 6.42 Å². The lowest BCUT2D eigenvalue weighted by molar-refractivity contribution is -0.380. The van der Waals surface area contributed by atoms with Gasteiger partial charge < -0.3 is 15.5 Å². The lowest BCUT2D eigenvalue weighted by atomic mass is 10.3. The molecule has 0 radical (unpaired) electrons. The summed E-state index contributed by atoms with van der Waals surface area (Å²) < 4.78 is 0. The van der Waals surface area contributed by atoms with Crippen molar-refractivity contribution in [2.24, 2.45) is 0 Å². The van der Waals surface area contributed by atoms with E-state index in [0.29, 0.717) is 5.13 Å². The summed E-state index contributed by atoms with van der Waals surface area (Å²) in [4.78, 5) is 16.5. The smallest absolute Gasteiger partial charge is 0.345 e. The number of nitrogens with one attached hydrogen (secondary N) is 2. The van der Waals surface area contributed by atoms with Gasteiger partial charge in [-0.15, -0.1) is 0 Å². The van der Waals surface area contributed by atoms with E-state index in [0.717, 1.165) is 57.0 Å². The highest BCUT2D eigenvalue weighted by Gasteiger charge is 2.11. The Morgan fingerprint density at radius 1 is 1.56 bits per heavy atom. The monoisotopic (exact) mass is 271 g/mol. The van der Waals surface area contributed by atoms with Gasteiger partial charge in [0.2, 0.25) is 0 Å². The number of nitrogens with zero attached hydrogens (tertiary/aromatic N) is 3. The Morgan fingerprint density at radius 3 is 3.00 bits per heavy atom. The molecular weight excluding hydrogens is 254 g/mol. The summed E-state index contributed by atoms with van der Waals surface area (Å²) in [5, 5.41) is 17.6. The fourth-order valence-electron chi connectivity index (χ4n) is 1.86. The summed E-state index contributed by atoms with van der Waals surface area (Å²) >= 11 is 1.08. The molecule has 1 aromatic rings. The topological polar surface area (TPSA) is 83.3 Å². The molecule has 0 atom stereocenters. The van der Waals surface area contributed by atoms with Gasteiger partial charge in [-0.3, -0.25) is 10.1 Å². The van der Waals surface area contributed by atoms with Crippen molar-refractivity contribution in [1.82, 2.24) is 15.2 Å². The molecule has 2 rings (SSSR count). The third-order valence-electron chi connectivity index (χ3n) is 2.81. The molecule has 7 nitrogen and oxygen atoms in total. The molecule has 0 amide bonds. The lowest BCUT2D eigenvalue weighted by Gasteiger charge is -2.26. The summed E-state index contributed by atoms with van der Waals surface area (Å²) in [6.45, 7) is 6.18. The van der Waals surface area contributed by atoms with Crippen LogP contribution in [0.2, 0.25) is 0 Å². The molecule has 0 spiro atoms. The van der Waals surface area contributed by atoms with Crippen LogP contribution in [-0.4, -0.2) is 54.1 Å². The molecule has 100 valence electrons. The summed E-state index contributed by atoms with van der Waals surface area (Å²) in [5.41, 5.74) is 0. The number of hydrogen-bond acceptors (Lipinski definition) is 7. The Labute approximate surface area is 109 Å². The molecule has 2 N–H and O–H groups in total. The van der Waals surface area contributed by atoms with E-state index in [1.54, 1.807) is 0 Å². The summed E-state index contributed by atoms with van der Waals surface area (Å²) in [6, 6.07) is 0. The number of thiazole rings is 1. The largest absolute Gasteiger partial charge is 0.361 e. The zero-order valence-electron chi connectivity index (χ0n) is 10.1. The second kappa shape index (κ2) is 6.62. The van der Waals surface area contributed by atoms with Crippen LogP contribution in [0.5, 0.6) is 0 Å². The van der Waals surface area contributed by atoms with Gasteiger partial charge in [-0.1, -0.05) is 0 Å². The number of aromatic nitrogens is 1. The third kappa shape index (κ3) is 3.90. The van der Waals surface area contributed by atoms with Crippen molar-refractivity contribution in [2.45, 2.75) is 6.42 Å². The van der Waals surface area contributed by atoms with Crippen LogP contribution in [-0.2, 0) is 0 Å². The van der Waals surface area contributed by atoms with Gasteiger partial charge in [-0.05, 0) is 24.3 Å². The van der Waals surface area contributed by atoms with Crippen LogP contribution in [0, 0.1) is 10.1 Å². The fourth-order valence-corrected chi connectivity index (χ4v) is 2.52. The second-order valence-electron chi connectivity index (χ2n) is 4.13. The third-order valence-corrected chi connectivity index (χ3v) is 3.72. The Morgan fingerprint density at radius 2 is 2.33 bits per heavy atom. The minimum Gasteiger partial charge on any atom is -0.361 e. The summed E-state index contributed by atoms with van der Waals surface area (Å²) in [7, 11) is 0. The average molecular weight is 271 g/mol. The van der Waals surface area contributed by atoms with Crippen LogP contribution in [0.3, 0.4) is 0 Å². The van der Waals surface area contributed by atoms with Crippen molar-refractivity contribution in [1.29, 1.82) is 0 Å². The molecule has 18 heavy (non-hydrogen) atoms. The van der Waals surface area contributed by atoms with Gasteiger partial charge >= 0.3 is 5.00 Å². The normalized spacial score (nSPS) is 16.7. The molecule has 0 aliphatic carbocycles. The van der Waals surface area contributed by atoms with Crippen LogP contribution in [0.4, 0.5) is 10.1 Å². The molecule has 0 unspecified atom stereocenters. The van der Waals surface area contributed by atoms with E-state index < -0.39 is 4.92 Å². The van der Waals surface area contributed by atoms with Crippen LogP contribution < -0.4 is 10.6 Å². The number of anilines is 1. The standard InChI is InChI=1S/C10H17N5O2S/c16-15(17)9-8-13-10(18-9)12-2-1-5-14-6-3-11-4-7-14/h8,11H,1-7H2,(H,12,13). The average Bonchev–Trinajstić information content (AvgIpc) is 2.85. The molecular formula is C10H17N5O2S. The SMILES string of the molecule is O=[N+]([O-])c1cnc(NCCCN2CCNCC2)s1. The fraction of sp³-hybridized carbons (Fsp3) is 0.700. The maximum Gasteiger partial charge on any atom is 0.345 e. The van der Waals surface area contributed by atoms with E-state index in [2.05, 4.69) is 20.5 Å². The van der Waals surface area contributed by atoms with Gasteiger partial charge in [0.25, 0.3) is 0 Å². The number of rotatable bonds is 6. The van der Waals surface area contributed by atoms with Crippen molar-refractivity contribution in [3.05, 3.63) is 16.3 Å². The van der Waals surface area contributed by atoms with E-state index in [1.807, 2.05) is 0 Å². The minimum atomic E-state index is -0.413. The highest BCUT2D eigenvalue weighted by molar-refractivity contribution is 7.18. The first-order valence-corrected chi connectivity index (χ1v) is 6.84. The molecule has 0 bridgehead atoms. The first kappa shape index (κ1) is 13.2. The molecule has 8 heteroatoms. The minimum absolute atomic E-state index is 0.0830.